The van der Waals surface area contributed by atoms with Crippen molar-refractivity contribution < 1.29 is 9.53 Å². The van der Waals surface area contributed by atoms with Gasteiger partial charge in [0.05, 0.1) is 19.6 Å². The summed E-state index contributed by atoms with van der Waals surface area (Å²) in [6.07, 6.45) is 0.367. The Bertz CT molecular complexity index is 443. The summed E-state index contributed by atoms with van der Waals surface area (Å²) >= 11 is 1.59. The average Bonchev–Trinajstić information content (AvgIpc) is 2.84. The number of carbonyl (C=O) groups is 1. The number of hydrogen-bond donors (Lipinski definition) is 1. The first-order valence-corrected chi connectivity index (χ1v) is 6.95. The van der Waals surface area contributed by atoms with Crippen molar-refractivity contribution in [3.8, 4) is 5.75 Å². The van der Waals surface area contributed by atoms with Gasteiger partial charge >= 0.3 is 0 Å². The third-order valence-electron chi connectivity index (χ3n) is 2.43. The number of rotatable bonds is 4. The van der Waals surface area contributed by atoms with Crippen LogP contribution in [0.5, 0.6) is 5.75 Å². The number of hydrogen-bond acceptors (Lipinski definition) is 4. The predicted molar refractivity (Wildman–Crippen MR) is 74.2 cm³/mol. The molecule has 0 fully saturated rings. The molecule has 96 valence electrons. The molecule has 1 aromatic rings. The lowest BCUT2D eigenvalue weighted by molar-refractivity contribution is -0.119. The van der Waals surface area contributed by atoms with Crippen molar-refractivity contribution in [1.82, 2.24) is 5.32 Å². The smallest absolute Gasteiger partial charge is 0.230 e. The summed E-state index contributed by atoms with van der Waals surface area (Å²) in [5.74, 6) is 1.77. The Labute approximate surface area is 111 Å². The molecule has 0 saturated carbocycles. The van der Waals surface area contributed by atoms with Crippen molar-refractivity contribution in [2.45, 2.75) is 13.3 Å². The van der Waals surface area contributed by atoms with E-state index in [9.17, 15) is 4.79 Å². The zero-order valence-electron chi connectivity index (χ0n) is 10.3. The minimum atomic E-state index is -0.0210. The lowest BCUT2D eigenvalue weighted by Gasteiger charge is -2.06. The van der Waals surface area contributed by atoms with E-state index in [4.69, 9.17) is 4.74 Å². The summed E-state index contributed by atoms with van der Waals surface area (Å²) in [7, 11) is 0. The second-order valence-corrected chi connectivity index (χ2v) is 4.92. The number of thioether (sulfide) groups is 1. The van der Waals surface area contributed by atoms with Crippen LogP contribution in [0.2, 0.25) is 0 Å². The zero-order chi connectivity index (χ0) is 12.8. The maximum Gasteiger partial charge on any atom is 0.230 e. The van der Waals surface area contributed by atoms with E-state index in [1.807, 2.05) is 31.2 Å². The molecule has 5 heteroatoms. The highest BCUT2D eigenvalue weighted by molar-refractivity contribution is 8.14. The van der Waals surface area contributed by atoms with Crippen LogP contribution >= 0.6 is 11.8 Å². The first-order valence-electron chi connectivity index (χ1n) is 5.97. The monoisotopic (exact) mass is 264 g/mol. The molecule has 1 heterocycles. The summed E-state index contributed by atoms with van der Waals surface area (Å²) in [5.41, 5.74) is 0.972. The van der Waals surface area contributed by atoms with Gasteiger partial charge in [-0.3, -0.25) is 9.79 Å². The molecule has 1 N–H and O–H groups in total. The molecule has 2 rings (SSSR count). The number of amides is 1. The lowest BCUT2D eigenvalue weighted by atomic mass is 10.1. The Morgan fingerprint density at radius 1 is 1.44 bits per heavy atom. The first kappa shape index (κ1) is 13.0. The zero-order valence-corrected chi connectivity index (χ0v) is 11.1. The topological polar surface area (TPSA) is 50.7 Å². The van der Waals surface area contributed by atoms with Gasteiger partial charge in [-0.2, -0.15) is 0 Å². The molecule has 0 atom stereocenters. The van der Waals surface area contributed by atoms with E-state index in [1.54, 1.807) is 11.8 Å². The van der Waals surface area contributed by atoms with E-state index in [2.05, 4.69) is 10.3 Å². The van der Waals surface area contributed by atoms with Gasteiger partial charge in [0.2, 0.25) is 5.91 Å². The van der Waals surface area contributed by atoms with Crippen LogP contribution in [0.4, 0.5) is 0 Å². The van der Waals surface area contributed by atoms with Gasteiger partial charge in [-0.05, 0) is 24.6 Å². The van der Waals surface area contributed by atoms with Gasteiger partial charge in [-0.15, -0.1) is 0 Å². The number of benzene rings is 1. The molecule has 1 aliphatic heterocycles. The third-order valence-corrected chi connectivity index (χ3v) is 3.32. The predicted octanol–water partition coefficient (Wildman–Crippen LogP) is 1.85. The highest BCUT2D eigenvalue weighted by Gasteiger charge is 2.11. The first-order chi connectivity index (χ1) is 8.78. The highest BCUT2D eigenvalue weighted by atomic mass is 32.2. The normalized spacial score (nSPS) is 14.2. The SMILES string of the molecule is CCOc1ccc(CC(=O)NC2=NCCS2)cc1. The molecular weight excluding hydrogens is 248 g/mol. The van der Waals surface area contributed by atoms with Crippen LogP contribution < -0.4 is 10.1 Å². The molecule has 0 aromatic heterocycles. The van der Waals surface area contributed by atoms with Crippen LogP contribution in [-0.2, 0) is 11.2 Å². The van der Waals surface area contributed by atoms with E-state index < -0.39 is 0 Å². The fourth-order valence-corrected chi connectivity index (χ4v) is 2.37. The summed E-state index contributed by atoms with van der Waals surface area (Å²) in [6.45, 7) is 3.39. The molecule has 1 amide bonds. The van der Waals surface area contributed by atoms with Crippen molar-refractivity contribution in [1.29, 1.82) is 0 Å². The van der Waals surface area contributed by atoms with Crippen LogP contribution in [0.1, 0.15) is 12.5 Å². The van der Waals surface area contributed by atoms with Gasteiger partial charge in [-0.25, -0.2) is 0 Å². The highest BCUT2D eigenvalue weighted by Crippen LogP contribution is 2.13. The van der Waals surface area contributed by atoms with Crippen LogP contribution in [-0.4, -0.2) is 30.0 Å². The van der Waals surface area contributed by atoms with Crippen LogP contribution in [0, 0.1) is 0 Å². The minimum absolute atomic E-state index is 0.0210. The second kappa shape index (κ2) is 6.44. The van der Waals surface area contributed by atoms with Gasteiger partial charge in [0.25, 0.3) is 0 Å². The Kier molecular flexibility index (Phi) is 4.64. The summed E-state index contributed by atoms with van der Waals surface area (Å²) in [4.78, 5) is 15.9. The number of ether oxygens (including phenoxy) is 1. The molecule has 0 aliphatic carbocycles. The lowest BCUT2D eigenvalue weighted by Crippen LogP contribution is -2.28. The molecule has 0 saturated heterocycles. The number of carbonyl (C=O) groups excluding carboxylic acids is 1. The van der Waals surface area contributed by atoms with Crippen molar-refractivity contribution >= 4 is 22.8 Å². The molecule has 0 spiro atoms. The van der Waals surface area contributed by atoms with Gasteiger partial charge < -0.3 is 10.1 Å². The summed E-state index contributed by atoms with van der Waals surface area (Å²) in [6, 6.07) is 7.59. The van der Waals surface area contributed by atoms with Gasteiger partial charge in [-0.1, -0.05) is 23.9 Å². The minimum Gasteiger partial charge on any atom is -0.494 e. The number of amidine groups is 1. The largest absolute Gasteiger partial charge is 0.494 e. The van der Waals surface area contributed by atoms with Crippen LogP contribution in [0.3, 0.4) is 0 Å². The second-order valence-electron chi connectivity index (χ2n) is 3.84. The molecule has 18 heavy (non-hydrogen) atoms. The molecule has 4 nitrogen and oxygen atoms in total. The van der Waals surface area contributed by atoms with Gasteiger partial charge in [0, 0.05) is 5.75 Å². The van der Waals surface area contributed by atoms with E-state index in [1.165, 1.54) is 0 Å². The maximum atomic E-state index is 11.7. The number of aliphatic imine (C=N–C) groups is 1. The number of nitrogens with one attached hydrogen (secondary N) is 1. The Balaban J connectivity index is 1.86. The quantitative estimate of drug-likeness (QED) is 0.903. The molecule has 0 unspecified atom stereocenters. The molecule has 1 aromatic carbocycles. The fraction of sp³-hybridized carbons (Fsp3) is 0.385. The average molecular weight is 264 g/mol. The summed E-state index contributed by atoms with van der Waals surface area (Å²) in [5, 5.41) is 3.55. The Hall–Kier alpha value is -1.49. The Morgan fingerprint density at radius 2 is 2.22 bits per heavy atom. The van der Waals surface area contributed by atoms with E-state index >= 15 is 0 Å². The molecule has 0 radical (unpaired) electrons. The van der Waals surface area contributed by atoms with E-state index in [0.717, 1.165) is 28.8 Å². The van der Waals surface area contributed by atoms with Crippen molar-refractivity contribution in [2.75, 3.05) is 18.9 Å². The van der Waals surface area contributed by atoms with Crippen LogP contribution in [0.25, 0.3) is 0 Å². The number of nitrogens with zero attached hydrogens (tertiary/aromatic N) is 1. The van der Waals surface area contributed by atoms with Crippen molar-refractivity contribution in [3.05, 3.63) is 29.8 Å². The van der Waals surface area contributed by atoms with E-state index in [-0.39, 0.29) is 5.91 Å². The van der Waals surface area contributed by atoms with E-state index in [0.29, 0.717) is 13.0 Å². The molecule has 1 aliphatic rings. The van der Waals surface area contributed by atoms with Crippen molar-refractivity contribution in [2.24, 2.45) is 4.99 Å². The third kappa shape index (κ3) is 3.77. The van der Waals surface area contributed by atoms with Crippen LogP contribution in [0.15, 0.2) is 29.3 Å². The summed E-state index contributed by atoms with van der Waals surface area (Å²) < 4.78 is 5.35. The fourth-order valence-electron chi connectivity index (χ4n) is 1.63. The van der Waals surface area contributed by atoms with Gasteiger partial charge in [0.15, 0.2) is 5.17 Å². The molecular formula is C13H16N2O2S. The maximum absolute atomic E-state index is 11.7. The van der Waals surface area contributed by atoms with Gasteiger partial charge in [0.1, 0.15) is 5.75 Å². The Morgan fingerprint density at radius 3 is 2.83 bits per heavy atom. The standard InChI is InChI=1S/C13H16N2O2S/c1-2-17-11-5-3-10(4-6-11)9-12(16)15-13-14-7-8-18-13/h3-6H,2,7-9H2,1H3,(H,14,15,16). The van der Waals surface area contributed by atoms with Crippen molar-refractivity contribution in [3.63, 3.8) is 0 Å². The molecule has 0 bridgehead atoms.